The van der Waals surface area contributed by atoms with Crippen LogP contribution in [0, 0.1) is 11.8 Å². The van der Waals surface area contributed by atoms with Gasteiger partial charge in [-0.1, -0.05) is 38.5 Å². The zero-order valence-electron chi connectivity index (χ0n) is 10.4. The summed E-state index contributed by atoms with van der Waals surface area (Å²) >= 11 is 0. The Hall–Kier alpha value is -0.980. The molecule has 15 heavy (non-hydrogen) atoms. The molecule has 0 amide bonds. The molecule has 1 nitrogen and oxygen atoms in total. The third kappa shape index (κ3) is 3.26. The predicted molar refractivity (Wildman–Crippen MR) is 67.3 cm³/mol. The number of rotatable bonds is 1. The molecule has 0 saturated heterocycles. The van der Waals surface area contributed by atoms with E-state index in [9.17, 15) is 0 Å². The van der Waals surface area contributed by atoms with Crippen LogP contribution in [-0.4, -0.2) is 0 Å². The Balaban J connectivity index is 3.02. The second-order valence-electron chi connectivity index (χ2n) is 4.69. The molecule has 0 bridgehead atoms. The molecule has 2 unspecified atom stereocenters. The molecule has 0 aromatic heterocycles. The molecule has 84 valence electrons. The van der Waals surface area contributed by atoms with Crippen molar-refractivity contribution in [3.05, 3.63) is 35.1 Å². The second kappa shape index (κ2) is 5.20. The second-order valence-corrected chi connectivity index (χ2v) is 4.69. The Bertz CT molecular complexity index is 307. The van der Waals surface area contributed by atoms with Crippen LogP contribution >= 0.6 is 0 Å². The molecule has 0 radical (unpaired) electrons. The van der Waals surface area contributed by atoms with Crippen LogP contribution in [0.3, 0.4) is 0 Å². The molecule has 2 N–H and O–H groups in total. The van der Waals surface area contributed by atoms with Gasteiger partial charge in [0.05, 0.1) is 0 Å². The van der Waals surface area contributed by atoms with Gasteiger partial charge in [-0.15, -0.1) is 0 Å². The van der Waals surface area contributed by atoms with Crippen molar-refractivity contribution in [1.29, 1.82) is 0 Å². The average Bonchev–Trinajstić information content (AvgIpc) is 2.15. The number of hydrogen-bond donors (Lipinski definition) is 1. The lowest BCUT2D eigenvalue weighted by Crippen LogP contribution is -2.18. The fourth-order valence-corrected chi connectivity index (χ4v) is 2.07. The van der Waals surface area contributed by atoms with Crippen LogP contribution < -0.4 is 5.73 Å². The van der Waals surface area contributed by atoms with Crippen molar-refractivity contribution in [2.45, 2.75) is 40.5 Å². The van der Waals surface area contributed by atoms with Crippen LogP contribution in [-0.2, 0) is 0 Å². The van der Waals surface area contributed by atoms with Crippen molar-refractivity contribution in [3.63, 3.8) is 0 Å². The van der Waals surface area contributed by atoms with Crippen molar-refractivity contribution in [3.8, 4) is 0 Å². The molecule has 0 aromatic rings. The van der Waals surface area contributed by atoms with Gasteiger partial charge in [0.25, 0.3) is 0 Å². The maximum Gasteiger partial charge on any atom is 0.0115 e. The van der Waals surface area contributed by atoms with E-state index in [2.05, 4.69) is 45.9 Å². The first-order chi connectivity index (χ1) is 7.04. The van der Waals surface area contributed by atoms with E-state index in [4.69, 9.17) is 5.73 Å². The summed E-state index contributed by atoms with van der Waals surface area (Å²) in [6.45, 7) is 8.81. The summed E-state index contributed by atoms with van der Waals surface area (Å²) < 4.78 is 0. The minimum absolute atomic E-state index is 0.480. The minimum atomic E-state index is 0.480. The van der Waals surface area contributed by atoms with Crippen LogP contribution in [0.15, 0.2) is 35.1 Å². The van der Waals surface area contributed by atoms with E-state index < -0.39 is 0 Å². The Morgan fingerprint density at radius 3 is 2.67 bits per heavy atom. The van der Waals surface area contributed by atoms with Crippen LogP contribution in [0.5, 0.6) is 0 Å². The van der Waals surface area contributed by atoms with Gasteiger partial charge in [0.15, 0.2) is 0 Å². The Kier molecular flexibility index (Phi) is 4.19. The molecule has 0 heterocycles. The summed E-state index contributed by atoms with van der Waals surface area (Å²) in [5.41, 5.74) is 9.79. The number of allylic oxidation sites excluding steroid dienone is 6. The first kappa shape index (κ1) is 12.1. The van der Waals surface area contributed by atoms with Crippen molar-refractivity contribution < 1.29 is 0 Å². The maximum absolute atomic E-state index is 6.05. The average molecular weight is 205 g/mol. The monoisotopic (exact) mass is 205 g/mol. The van der Waals surface area contributed by atoms with Gasteiger partial charge in [-0.2, -0.15) is 0 Å². The third-order valence-corrected chi connectivity index (χ3v) is 3.21. The van der Waals surface area contributed by atoms with E-state index in [-0.39, 0.29) is 0 Å². The SMILES string of the molecule is CC/C=C1/C=C(C)/C=C(/N)C(C)C(C)C1. The Labute approximate surface area is 93.7 Å². The van der Waals surface area contributed by atoms with Crippen LogP contribution in [0.1, 0.15) is 40.5 Å². The van der Waals surface area contributed by atoms with Gasteiger partial charge >= 0.3 is 0 Å². The first-order valence-corrected chi connectivity index (χ1v) is 5.89. The minimum Gasteiger partial charge on any atom is -0.402 e. The van der Waals surface area contributed by atoms with Gasteiger partial charge in [-0.3, -0.25) is 0 Å². The highest BCUT2D eigenvalue weighted by molar-refractivity contribution is 5.33. The van der Waals surface area contributed by atoms with Crippen molar-refractivity contribution in [1.82, 2.24) is 0 Å². The zero-order chi connectivity index (χ0) is 11.4. The summed E-state index contributed by atoms with van der Waals surface area (Å²) in [4.78, 5) is 0. The largest absolute Gasteiger partial charge is 0.402 e. The molecule has 0 spiro atoms. The molecule has 1 rings (SSSR count). The number of nitrogens with two attached hydrogens (primary N) is 1. The lowest BCUT2D eigenvalue weighted by Gasteiger charge is -2.23. The van der Waals surface area contributed by atoms with E-state index in [0.29, 0.717) is 11.8 Å². The van der Waals surface area contributed by atoms with E-state index in [1.807, 2.05) is 0 Å². The van der Waals surface area contributed by atoms with Gasteiger partial charge < -0.3 is 5.73 Å². The molecule has 1 aliphatic carbocycles. The molecule has 2 atom stereocenters. The van der Waals surface area contributed by atoms with Gasteiger partial charge in [0, 0.05) is 5.70 Å². The van der Waals surface area contributed by atoms with Crippen molar-refractivity contribution in [2.24, 2.45) is 17.6 Å². The molecule has 0 saturated carbocycles. The fourth-order valence-electron chi connectivity index (χ4n) is 2.07. The van der Waals surface area contributed by atoms with E-state index in [0.717, 1.165) is 18.5 Å². The third-order valence-electron chi connectivity index (χ3n) is 3.21. The summed E-state index contributed by atoms with van der Waals surface area (Å²) in [5.74, 6) is 1.11. The van der Waals surface area contributed by atoms with Gasteiger partial charge in [0.1, 0.15) is 0 Å². The highest BCUT2D eigenvalue weighted by Gasteiger charge is 2.17. The normalized spacial score (nSPS) is 37.5. The molecule has 0 fully saturated rings. The molecule has 0 aromatic carbocycles. The van der Waals surface area contributed by atoms with Crippen molar-refractivity contribution in [2.75, 3.05) is 0 Å². The summed E-state index contributed by atoms with van der Waals surface area (Å²) in [6, 6.07) is 0. The first-order valence-electron chi connectivity index (χ1n) is 5.89. The lowest BCUT2D eigenvalue weighted by molar-refractivity contribution is 0.433. The maximum atomic E-state index is 6.05. The van der Waals surface area contributed by atoms with E-state index in [1.54, 1.807) is 0 Å². The summed E-state index contributed by atoms with van der Waals surface area (Å²) in [7, 11) is 0. The zero-order valence-corrected chi connectivity index (χ0v) is 10.4. The van der Waals surface area contributed by atoms with E-state index >= 15 is 0 Å². The quantitative estimate of drug-likeness (QED) is 0.692. The van der Waals surface area contributed by atoms with E-state index in [1.165, 1.54) is 11.1 Å². The smallest absolute Gasteiger partial charge is 0.0115 e. The van der Waals surface area contributed by atoms with Gasteiger partial charge in [0.2, 0.25) is 0 Å². The molecule has 0 aliphatic heterocycles. The van der Waals surface area contributed by atoms with Crippen LogP contribution in [0.2, 0.25) is 0 Å². The lowest BCUT2D eigenvalue weighted by atomic mass is 9.84. The molecule has 1 aliphatic rings. The molecular weight excluding hydrogens is 182 g/mol. The molecule has 1 heteroatoms. The Morgan fingerprint density at radius 2 is 2.07 bits per heavy atom. The van der Waals surface area contributed by atoms with Crippen LogP contribution in [0.25, 0.3) is 0 Å². The highest BCUT2D eigenvalue weighted by atomic mass is 14.6. The van der Waals surface area contributed by atoms with Crippen molar-refractivity contribution >= 4 is 0 Å². The summed E-state index contributed by atoms with van der Waals surface area (Å²) in [6.07, 6.45) is 8.95. The Morgan fingerprint density at radius 1 is 1.40 bits per heavy atom. The number of hydrogen-bond acceptors (Lipinski definition) is 1. The van der Waals surface area contributed by atoms with Crippen LogP contribution in [0.4, 0.5) is 0 Å². The highest BCUT2D eigenvalue weighted by Crippen LogP contribution is 2.28. The van der Waals surface area contributed by atoms with Gasteiger partial charge in [-0.25, -0.2) is 0 Å². The standard InChI is InChI=1S/C14H23N/c1-5-6-13-7-10(2)8-14(15)12(4)11(3)9-13/h6-8,11-12H,5,9,15H2,1-4H3/b10-7+,13-6-,14-8+. The fraction of sp³-hybridized carbons (Fsp3) is 0.571. The summed E-state index contributed by atoms with van der Waals surface area (Å²) in [5, 5.41) is 0. The molecular formula is C14H23N. The van der Waals surface area contributed by atoms with Gasteiger partial charge in [-0.05, 0) is 43.3 Å². The predicted octanol–water partition coefficient (Wildman–Crippen LogP) is 3.79. The topological polar surface area (TPSA) is 26.0 Å².